The Balaban J connectivity index is 0.568. The number of rotatable bonds is 17. The van der Waals surface area contributed by atoms with Crippen molar-refractivity contribution in [2.75, 3.05) is 124 Å². The number of ether oxygens (including phenoxy) is 1. The Morgan fingerprint density at radius 2 is 1.49 bits per heavy atom. The van der Waals surface area contributed by atoms with Gasteiger partial charge in [0.25, 0.3) is 17.4 Å². The highest BCUT2D eigenvalue weighted by molar-refractivity contribution is 5.95. The van der Waals surface area contributed by atoms with E-state index in [1.165, 1.54) is 6.07 Å². The van der Waals surface area contributed by atoms with Crippen LogP contribution in [0.3, 0.4) is 0 Å². The molecule has 4 saturated heterocycles. The standard InChI is InChI=1S/C56H69FN12O6/c57-49-11-10-41(30-50-46-8-1-2-9-47(46)55(73)62-61-50)29-48(49)56(74)68-24-22-67(23-25-68)52(70)37-65-20-18-64(19-21-65)33-40-12-16-63(17-13-40)26-28-75-27-14-59-54(72)43-6-3-5-42(31-43)44-7-4-15-69(35-44)53(71)38-66-34-45-32-58-39-60-51(45)36-66/h1-3,5-6,8-11,29,31-32,39-40,44H,4,7,12-28,30,33-38H2,(H,59,72)(H,62,73)/t44-/m0/s1. The Bertz CT molecular complexity index is 2850. The van der Waals surface area contributed by atoms with Crippen LogP contribution in [0.5, 0.6) is 0 Å². The molecule has 5 aliphatic rings. The molecule has 7 heterocycles. The molecule has 0 spiro atoms. The molecular weight excluding hydrogens is 956 g/mol. The number of likely N-dealkylation sites (tertiary alicyclic amines) is 2. The lowest BCUT2D eigenvalue weighted by molar-refractivity contribution is -0.134. The predicted molar refractivity (Wildman–Crippen MR) is 280 cm³/mol. The molecule has 75 heavy (non-hydrogen) atoms. The molecule has 0 saturated carbocycles. The van der Waals surface area contributed by atoms with Gasteiger partial charge in [-0.1, -0.05) is 36.4 Å². The number of carbonyl (C=O) groups excluding carboxylic acids is 4. The molecule has 396 valence electrons. The van der Waals surface area contributed by atoms with Crippen LogP contribution in [0.4, 0.5) is 4.39 Å². The molecule has 0 unspecified atom stereocenters. The molecule has 18 nitrogen and oxygen atoms in total. The zero-order chi connectivity index (χ0) is 51.7. The van der Waals surface area contributed by atoms with E-state index in [1.54, 1.807) is 35.5 Å². The monoisotopic (exact) mass is 1020 g/mol. The van der Waals surface area contributed by atoms with E-state index in [4.69, 9.17) is 4.74 Å². The van der Waals surface area contributed by atoms with Crippen LogP contribution in [0.1, 0.15) is 80.4 Å². The minimum atomic E-state index is -0.596. The van der Waals surface area contributed by atoms with Crippen molar-refractivity contribution in [3.63, 3.8) is 0 Å². The number of benzene rings is 3. The van der Waals surface area contributed by atoms with E-state index in [-0.39, 0.29) is 34.8 Å². The third-order valence-electron chi connectivity index (χ3n) is 15.9. The van der Waals surface area contributed by atoms with Gasteiger partial charge in [-0.2, -0.15) is 5.10 Å². The number of halogens is 1. The van der Waals surface area contributed by atoms with E-state index in [2.05, 4.69) is 51.1 Å². The second kappa shape index (κ2) is 24.4. The average Bonchev–Trinajstić information content (AvgIpc) is 3.86. The van der Waals surface area contributed by atoms with Gasteiger partial charge in [-0.3, -0.25) is 33.8 Å². The van der Waals surface area contributed by atoms with Crippen molar-refractivity contribution in [1.82, 2.24) is 59.8 Å². The normalized spacial score (nSPS) is 19.4. The number of piperidine rings is 2. The summed E-state index contributed by atoms with van der Waals surface area (Å²) in [5, 5.41) is 11.0. The van der Waals surface area contributed by atoms with Crippen LogP contribution in [0.25, 0.3) is 10.8 Å². The summed E-state index contributed by atoms with van der Waals surface area (Å²) < 4.78 is 21.0. The first-order valence-electron chi connectivity index (χ1n) is 26.8. The van der Waals surface area contributed by atoms with Gasteiger partial charge in [0.15, 0.2) is 0 Å². The van der Waals surface area contributed by atoms with Crippen LogP contribution in [-0.2, 0) is 33.8 Å². The maximum absolute atomic E-state index is 15.1. The second-order valence-corrected chi connectivity index (χ2v) is 20.9. The summed E-state index contributed by atoms with van der Waals surface area (Å²) in [5.41, 5.74) is 4.85. The lowest BCUT2D eigenvalue weighted by Gasteiger charge is -2.40. The number of aromatic amines is 1. The molecule has 0 aliphatic carbocycles. The molecule has 19 heteroatoms. The first kappa shape index (κ1) is 52.0. The molecule has 5 aliphatic heterocycles. The first-order chi connectivity index (χ1) is 36.6. The molecule has 10 rings (SSSR count). The predicted octanol–water partition coefficient (Wildman–Crippen LogP) is 3.23. The number of piperazine rings is 2. The van der Waals surface area contributed by atoms with E-state index < -0.39 is 11.7 Å². The van der Waals surface area contributed by atoms with E-state index in [0.29, 0.717) is 119 Å². The van der Waals surface area contributed by atoms with Gasteiger partial charge in [0.1, 0.15) is 12.1 Å². The molecule has 2 N–H and O–H groups in total. The smallest absolute Gasteiger partial charge is 0.272 e. The lowest BCUT2D eigenvalue weighted by Crippen LogP contribution is -2.55. The summed E-state index contributed by atoms with van der Waals surface area (Å²) >= 11 is 0. The Morgan fingerprint density at radius 1 is 0.733 bits per heavy atom. The molecule has 2 aromatic heterocycles. The van der Waals surface area contributed by atoms with Gasteiger partial charge in [-0.15, -0.1) is 0 Å². The summed E-state index contributed by atoms with van der Waals surface area (Å²) in [6, 6.07) is 19.5. The molecule has 3 aromatic carbocycles. The number of nitrogens with zero attached hydrogens (tertiary/aromatic N) is 10. The van der Waals surface area contributed by atoms with Crippen molar-refractivity contribution in [2.24, 2.45) is 5.92 Å². The molecule has 0 bridgehead atoms. The fourth-order valence-corrected chi connectivity index (χ4v) is 11.5. The third-order valence-corrected chi connectivity index (χ3v) is 15.9. The Hall–Kier alpha value is -6.51. The SMILES string of the molecule is O=C(NCCOCCN1CCC(CN2CCN(CC(=O)N3CCN(C(=O)c4cc(Cc5n[nH]c(=O)c6ccccc56)ccc4F)CC3)CC2)CC1)c1cccc([C@H]2CCCN(C(=O)CN3Cc4cncnc4C3)C2)c1. The topological polar surface area (TPSA) is 184 Å². The van der Waals surface area contributed by atoms with Gasteiger partial charge < -0.3 is 34.6 Å². The molecule has 0 radical (unpaired) electrons. The molecule has 4 fully saturated rings. The van der Waals surface area contributed by atoms with Crippen LogP contribution >= 0.6 is 0 Å². The van der Waals surface area contributed by atoms with Crippen LogP contribution in [0.2, 0.25) is 0 Å². The van der Waals surface area contributed by atoms with Crippen molar-refractivity contribution < 1.29 is 28.3 Å². The number of nitrogens with one attached hydrogen (secondary N) is 2. The molecule has 5 aromatic rings. The Morgan fingerprint density at radius 3 is 2.31 bits per heavy atom. The van der Waals surface area contributed by atoms with Crippen molar-refractivity contribution in [1.29, 1.82) is 0 Å². The third kappa shape index (κ3) is 13.1. The Labute approximate surface area is 437 Å². The number of hydrogen-bond acceptors (Lipinski definition) is 13. The van der Waals surface area contributed by atoms with Crippen molar-refractivity contribution >= 4 is 34.4 Å². The number of aromatic nitrogens is 4. The number of fused-ring (bicyclic) bond motifs is 2. The summed E-state index contributed by atoms with van der Waals surface area (Å²) in [6.07, 6.45) is 7.91. The van der Waals surface area contributed by atoms with E-state index in [9.17, 15) is 24.0 Å². The second-order valence-electron chi connectivity index (χ2n) is 20.9. The lowest BCUT2D eigenvalue weighted by atomic mass is 9.89. The number of H-pyrrole nitrogens is 1. The quantitative estimate of drug-likeness (QED) is 0.130. The molecule has 4 amide bonds. The summed E-state index contributed by atoms with van der Waals surface area (Å²) in [5.74, 6) is -0.0977. The molecular formula is C56H69FN12O6. The van der Waals surface area contributed by atoms with Gasteiger partial charge in [0.05, 0.1) is 48.6 Å². The largest absolute Gasteiger partial charge is 0.378 e. The maximum atomic E-state index is 15.1. The maximum Gasteiger partial charge on any atom is 0.272 e. The highest BCUT2D eigenvalue weighted by atomic mass is 19.1. The number of amides is 4. The fraction of sp³-hybridized carbons (Fsp3) is 0.500. The van der Waals surface area contributed by atoms with Crippen LogP contribution in [0, 0.1) is 11.7 Å². The van der Waals surface area contributed by atoms with Gasteiger partial charge in [0, 0.05) is 133 Å². The van der Waals surface area contributed by atoms with E-state index >= 15 is 4.39 Å². The fourth-order valence-electron chi connectivity index (χ4n) is 11.5. The first-order valence-corrected chi connectivity index (χ1v) is 26.8. The number of carbonyl (C=O) groups is 4. The minimum Gasteiger partial charge on any atom is -0.378 e. The van der Waals surface area contributed by atoms with Gasteiger partial charge >= 0.3 is 0 Å². The Kier molecular flexibility index (Phi) is 16.9. The minimum absolute atomic E-state index is 0.0121. The zero-order valence-electron chi connectivity index (χ0n) is 42.8. The van der Waals surface area contributed by atoms with Crippen molar-refractivity contribution in [2.45, 2.75) is 51.1 Å². The highest BCUT2D eigenvalue weighted by Crippen LogP contribution is 2.29. The van der Waals surface area contributed by atoms with Crippen molar-refractivity contribution in [3.8, 4) is 0 Å². The van der Waals surface area contributed by atoms with E-state index in [1.807, 2.05) is 46.3 Å². The van der Waals surface area contributed by atoms with Crippen LogP contribution < -0.4 is 10.9 Å². The van der Waals surface area contributed by atoms with Gasteiger partial charge in [-0.05, 0) is 86.1 Å². The average molecular weight is 1030 g/mol. The highest BCUT2D eigenvalue weighted by Gasteiger charge is 2.31. The van der Waals surface area contributed by atoms with Crippen LogP contribution in [-0.4, -0.2) is 203 Å². The van der Waals surface area contributed by atoms with Crippen molar-refractivity contribution in [3.05, 3.63) is 135 Å². The van der Waals surface area contributed by atoms with Gasteiger partial charge in [0.2, 0.25) is 11.8 Å². The van der Waals surface area contributed by atoms with Gasteiger partial charge in [-0.25, -0.2) is 19.5 Å². The zero-order valence-corrected chi connectivity index (χ0v) is 42.8. The summed E-state index contributed by atoms with van der Waals surface area (Å²) in [4.78, 5) is 88.9. The summed E-state index contributed by atoms with van der Waals surface area (Å²) in [7, 11) is 0. The summed E-state index contributed by atoms with van der Waals surface area (Å²) in [6.45, 7) is 14.0. The number of hydrogen-bond donors (Lipinski definition) is 2. The molecule has 1 atom stereocenters. The van der Waals surface area contributed by atoms with E-state index in [0.717, 1.165) is 101 Å². The van der Waals surface area contributed by atoms with Crippen LogP contribution in [0.15, 0.2) is 84.0 Å².